The fraction of sp³-hybridized carbons (Fsp3) is 0.278. The molecule has 0 fully saturated rings. The van der Waals surface area contributed by atoms with Gasteiger partial charge >= 0.3 is 0 Å². The number of benzene rings is 2. The van der Waals surface area contributed by atoms with Gasteiger partial charge in [-0.2, -0.15) is 0 Å². The summed E-state index contributed by atoms with van der Waals surface area (Å²) in [4.78, 5) is 0. The smallest absolute Gasteiger partial charge is 0.171 e. The minimum atomic E-state index is 0.609. The van der Waals surface area contributed by atoms with Gasteiger partial charge in [0.25, 0.3) is 0 Å². The lowest BCUT2D eigenvalue weighted by atomic mass is 10.1. The maximum Gasteiger partial charge on any atom is 0.171 e. The van der Waals surface area contributed by atoms with Crippen LogP contribution in [-0.2, 0) is 6.54 Å². The van der Waals surface area contributed by atoms with Crippen LogP contribution in [0.15, 0.2) is 42.5 Å². The molecule has 0 aromatic heterocycles. The Kier molecular flexibility index (Phi) is 5.78. The number of para-hydroxylation sites is 1. The Morgan fingerprint density at radius 1 is 1.14 bits per heavy atom. The Bertz CT molecular complexity index is 655. The van der Waals surface area contributed by atoms with Gasteiger partial charge in [-0.1, -0.05) is 35.9 Å². The van der Waals surface area contributed by atoms with Crippen molar-refractivity contribution in [2.24, 2.45) is 0 Å². The molecule has 3 nitrogen and oxygen atoms in total. The third-order valence-electron chi connectivity index (χ3n) is 3.34. The van der Waals surface area contributed by atoms with Gasteiger partial charge in [-0.25, -0.2) is 0 Å². The maximum absolute atomic E-state index is 5.62. The van der Waals surface area contributed by atoms with Gasteiger partial charge in [0.15, 0.2) is 5.11 Å². The topological polar surface area (TPSA) is 33.3 Å². The largest absolute Gasteiger partial charge is 0.494 e. The molecule has 0 aliphatic rings. The van der Waals surface area contributed by atoms with Crippen LogP contribution in [0.2, 0.25) is 0 Å². The van der Waals surface area contributed by atoms with Crippen LogP contribution in [0.4, 0.5) is 5.69 Å². The van der Waals surface area contributed by atoms with Gasteiger partial charge in [0, 0.05) is 17.8 Å². The highest BCUT2D eigenvalue weighted by Gasteiger charge is 2.05. The van der Waals surface area contributed by atoms with Crippen molar-refractivity contribution in [1.29, 1.82) is 0 Å². The average Bonchev–Trinajstić information content (AvgIpc) is 2.49. The van der Waals surface area contributed by atoms with Crippen molar-refractivity contribution in [3.05, 3.63) is 59.2 Å². The van der Waals surface area contributed by atoms with E-state index in [1.54, 1.807) is 0 Å². The fourth-order valence-electron chi connectivity index (χ4n) is 2.24. The second-order valence-electron chi connectivity index (χ2n) is 5.17. The predicted molar refractivity (Wildman–Crippen MR) is 96.6 cm³/mol. The SMILES string of the molecule is CCOc1ccccc1CNC(=S)Nc1ccc(C)cc1C. The second kappa shape index (κ2) is 7.80. The number of aryl methyl sites for hydroxylation is 2. The summed E-state index contributed by atoms with van der Waals surface area (Å²) >= 11 is 5.37. The van der Waals surface area contributed by atoms with Crippen molar-refractivity contribution in [1.82, 2.24) is 5.32 Å². The molecular weight excluding hydrogens is 292 g/mol. The van der Waals surface area contributed by atoms with E-state index in [0.717, 1.165) is 17.0 Å². The zero-order valence-corrected chi connectivity index (χ0v) is 14.1. The van der Waals surface area contributed by atoms with E-state index in [4.69, 9.17) is 17.0 Å². The van der Waals surface area contributed by atoms with E-state index in [0.29, 0.717) is 18.3 Å². The first kappa shape index (κ1) is 16.3. The van der Waals surface area contributed by atoms with Crippen LogP contribution in [0.1, 0.15) is 23.6 Å². The molecule has 2 N–H and O–H groups in total. The molecule has 2 aromatic carbocycles. The normalized spacial score (nSPS) is 10.1. The molecule has 0 saturated heterocycles. The zero-order valence-electron chi connectivity index (χ0n) is 13.3. The van der Waals surface area contributed by atoms with Crippen molar-refractivity contribution in [2.75, 3.05) is 11.9 Å². The molecule has 0 heterocycles. The molecule has 0 bridgehead atoms. The first-order valence-electron chi connectivity index (χ1n) is 7.43. The van der Waals surface area contributed by atoms with E-state index < -0.39 is 0 Å². The number of nitrogens with one attached hydrogen (secondary N) is 2. The zero-order chi connectivity index (χ0) is 15.9. The molecular formula is C18H22N2OS. The van der Waals surface area contributed by atoms with Gasteiger partial charge in [-0.05, 0) is 50.7 Å². The molecule has 0 aliphatic heterocycles. The quantitative estimate of drug-likeness (QED) is 0.811. The van der Waals surface area contributed by atoms with Crippen LogP contribution in [0, 0.1) is 13.8 Å². The van der Waals surface area contributed by atoms with Crippen molar-refractivity contribution >= 4 is 23.0 Å². The Labute approximate surface area is 137 Å². The van der Waals surface area contributed by atoms with Gasteiger partial charge in [-0.15, -0.1) is 0 Å². The van der Waals surface area contributed by atoms with Crippen LogP contribution in [0.3, 0.4) is 0 Å². The van der Waals surface area contributed by atoms with Crippen LogP contribution in [0.25, 0.3) is 0 Å². The Hall–Kier alpha value is -2.07. The number of anilines is 1. The van der Waals surface area contributed by atoms with Gasteiger partial charge in [0.05, 0.1) is 6.61 Å². The Morgan fingerprint density at radius 2 is 1.91 bits per heavy atom. The highest BCUT2D eigenvalue weighted by atomic mass is 32.1. The summed E-state index contributed by atoms with van der Waals surface area (Å²) in [5, 5.41) is 7.08. The summed E-state index contributed by atoms with van der Waals surface area (Å²) in [6, 6.07) is 14.2. The van der Waals surface area contributed by atoms with Crippen LogP contribution in [0.5, 0.6) is 5.75 Å². The highest BCUT2D eigenvalue weighted by Crippen LogP contribution is 2.18. The summed E-state index contributed by atoms with van der Waals surface area (Å²) < 4.78 is 5.62. The first-order chi connectivity index (χ1) is 10.6. The van der Waals surface area contributed by atoms with Crippen LogP contribution >= 0.6 is 12.2 Å². The van der Waals surface area contributed by atoms with E-state index in [1.807, 2.05) is 37.3 Å². The molecule has 0 atom stereocenters. The summed E-state index contributed by atoms with van der Waals surface area (Å²) in [5.74, 6) is 0.895. The number of hydrogen-bond donors (Lipinski definition) is 2. The molecule has 0 aliphatic carbocycles. The number of rotatable bonds is 5. The third-order valence-corrected chi connectivity index (χ3v) is 3.59. The molecule has 0 unspecified atom stereocenters. The van der Waals surface area contributed by atoms with E-state index in [2.05, 4.69) is 36.6 Å². The number of hydrogen-bond acceptors (Lipinski definition) is 2. The summed E-state index contributed by atoms with van der Waals surface area (Å²) in [5.41, 5.74) is 4.54. The summed E-state index contributed by atoms with van der Waals surface area (Å²) in [7, 11) is 0. The maximum atomic E-state index is 5.62. The van der Waals surface area contributed by atoms with Gasteiger partial charge in [0.1, 0.15) is 5.75 Å². The molecule has 0 radical (unpaired) electrons. The van der Waals surface area contributed by atoms with Crippen molar-refractivity contribution in [2.45, 2.75) is 27.3 Å². The molecule has 2 aromatic rings. The highest BCUT2D eigenvalue weighted by molar-refractivity contribution is 7.80. The van der Waals surface area contributed by atoms with Crippen LogP contribution in [-0.4, -0.2) is 11.7 Å². The lowest BCUT2D eigenvalue weighted by molar-refractivity contribution is 0.336. The number of thiocarbonyl (C=S) groups is 1. The van der Waals surface area contributed by atoms with Crippen molar-refractivity contribution in [3.63, 3.8) is 0 Å². The third kappa shape index (κ3) is 4.46. The molecule has 22 heavy (non-hydrogen) atoms. The summed E-state index contributed by atoms with van der Waals surface area (Å²) in [6.45, 7) is 7.42. The van der Waals surface area contributed by atoms with Crippen molar-refractivity contribution < 1.29 is 4.74 Å². The number of ether oxygens (including phenoxy) is 1. The van der Waals surface area contributed by atoms with E-state index in [9.17, 15) is 0 Å². The van der Waals surface area contributed by atoms with Crippen LogP contribution < -0.4 is 15.4 Å². The molecule has 0 spiro atoms. The standard InChI is InChI=1S/C18H22N2OS/c1-4-21-17-8-6-5-7-15(17)12-19-18(22)20-16-10-9-13(2)11-14(16)3/h5-11H,4,12H2,1-3H3,(H2,19,20,22). The van der Waals surface area contributed by atoms with Gasteiger partial charge in [0.2, 0.25) is 0 Å². The monoisotopic (exact) mass is 314 g/mol. The lowest BCUT2D eigenvalue weighted by Gasteiger charge is -2.14. The molecule has 0 amide bonds. The van der Waals surface area contributed by atoms with E-state index in [1.165, 1.54) is 11.1 Å². The summed E-state index contributed by atoms with van der Waals surface area (Å²) in [6.07, 6.45) is 0. The average molecular weight is 314 g/mol. The fourth-order valence-corrected chi connectivity index (χ4v) is 2.42. The molecule has 116 valence electrons. The lowest BCUT2D eigenvalue weighted by Crippen LogP contribution is -2.28. The van der Waals surface area contributed by atoms with E-state index in [-0.39, 0.29) is 0 Å². The Morgan fingerprint density at radius 3 is 2.64 bits per heavy atom. The Balaban J connectivity index is 1.95. The molecule has 0 saturated carbocycles. The van der Waals surface area contributed by atoms with E-state index >= 15 is 0 Å². The molecule has 4 heteroatoms. The van der Waals surface area contributed by atoms with Gasteiger partial charge < -0.3 is 15.4 Å². The second-order valence-corrected chi connectivity index (χ2v) is 5.58. The minimum Gasteiger partial charge on any atom is -0.494 e. The van der Waals surface area contributed by atoms with Gasteiger partial charge in [-0.3, -0.25) is 0 Å². The molecule has 2 rings (SSSR count). The first-order valence-corrected chi connectivity index (χ1v) is 7.83. The van der Waals surface area contributed by atoms with Crippen molar-refractivity contribution in [3.8, 4) is 5.75 Å². The minimum absolute atomic E-state index is 0.609. The predicted octanol–water partition coefficient (Wildman–Crippen LogP) is 4.19.